The second-order valence-corrected chi connectivity index (χ2v) is 4.56. The van der Waals surface area contributed by atoms with Crippen LogP contribution in [0.15, 0.2) is 6.20 Å². The van der Waals surface area contributed by atoms with E-state index in [2.05, 4.69) is 10.2 Å². The summed E-state index contributed by atoms with van der Waals surface area (Å²) in [6, 6.07) is 0. The van der Waals surface area contributed by atoms with E-state index in [0.717, 1.165) is 18.7 Å². The molecule has 1 fully saturated rings. The number of hydrogen-bond acceptors (Lipinski definition) is 3. The topological polar surface area (TPSA) is 69.3 Å². The molecule has 1 N–H and O–H groups in total. The Morgan fingerprint density at radius 2 is 1.89 bits per heavy atom. The summed E-state index contributed by atoms with van der Waals surface area (Å²) >= 11 is 0. The van der Waals surface area contributed by atoms with Crippen LogP contribution >= 0.6 is 0 Å². The number of nitrogens with zero attached hydrogens (tertiary/aromatic N) is 3. The van der Waals surface area contributed by atoms with E-state index in [1.807, 2.05) is 6.92 Å². The first-order valence-electron chi connectivity index (χ1n) is 6.14. The molecule has 0 atom stereocenters. The summed E-state index contributed by atoms with van der Waals surface area (Å²) in [4.78, 5) is 27.2. The second kappa shape index (κ2) is 5.20. The molecule has 0 aliphatic carbocycles. The Labute approximate surface area is 106 Å². The molecule has 6 nitrogen and oxygen atoms in total. The number of aromatic nitrogens is 2. The average Bonchev–Trinajstić information content (AvgIpc) is 2.63. The van der Waals surface area contributed by atoms with Crippen LogP contribution in [-0.4, -0.2) is 58.0 Å². The van der Waals surface area contributed by atoms with Crippen LogP contribution in [0.25, 0.3) is 0 Å². The molecule has 0 radical (unpaired) electrons. The molecule has 98 valence electrons. The number of nitrogens with one attached hydrogen (secondary N) is 1. The van der Waals surface area contributed by atoms with Gasteiger partial charge in [-0.25, -0.2) is 0 Å². The monoisotopic (exact) mass is 250 g/mol. The van der Waals surface area contributed by atoms with Crippen molar-refractivity contribution >= 4 is 11.8 Å². The largest absolute Gasteiger partial charge is 0.341 e. The highest BCUT2D eigenvalue weighted by Crippen LogP contribution is 2.11. The predicted molar refractivity (Wildman–Crippen MR) is 66.1 cm³/mol. The Hall–Kier alpha value is -1.85. The molecule has 6 heteroatoms. The molecule has 1 aromatic rings. The summed E-state index contributed by atoms with van der Waals surface area (Å²) < 4.78 is 0. The van der Waals surface area contributed by atoms with Crippen LogP contribution in [0.2, 0.25) is 0 Å². The minimum atomic E-state index is -0.00773. The molecule has 0 spiro atoms. The number of carbonyl (C=O) groups is 2. The summed E-state index contributed by atoms with van der Waals surface area (Å²) in [5, 5.41) is 6.64. The van der Waals surface area contributed by atoms with E-state index < -0.39 is 0 Å². The molecule has 0 bridgehead atoms. The van der Waals surface area contributed by atoms with E-state index in [1.54, 1.807) is 22.9 Å². The van der Waals surface area contributed by atoms with Crippen LogP contribution in [-0.2, 0) is 4.79 Å². The highest BCUT2D eigenvalue weighted by Gasteiger charge is 2.22. The van der Waals surface area contributed by atoms with Crippen molar-refractivity contribution in [3.63, 3.8) is 0 Å². The Kier molecular flexibility index (Phi) is 3.64. The summed E-state index contributed by atoms with van der Waals surface area (Å²) in [5.41, 5.74) is 1.40. The number of H-pyrrole nitrogens is 1. The second-order valence-electron chi connectivity index (χ2n) is 4.56. The van der Waals surface area contributed by atoms with Crippen LogP contribution in [0.1, 0.15) is 29.4 Å². The normalized spacial score (nSPS) is 16.6. The highest BCUT2D eigenvalue weighted by molar-refractivity contribution is 5.95. The average molecular weight is 250 g/mol. The van der Waals surface area contributed by atoms with Gasteiger partial charge in [-0.2, -0.15) is 5.10 Å². The zero-order chi connectivity index (χ0) is 13.1. The molecule has 2 amide bonds. The lowest BCUT2D eigenvalue weighted by Gasteiger charge is -2.21. The van der Waals surface area contributed by atoms with Crippen molar-refractivity contribution < 1.29 is 9.59 Å². The maximum Gasteiger partial charge on any atom is 0.257 e. The molecular weight excluding hydrogens is 232 g/mol. The smallest absolute Gasteiger partial charge is 0.257 e. The van der Waals surface area contributed by atoms with E-state index in [-0.39, 0.29) is 11.8 Å². The highest BCUT2D eigenvalue weighted by atomic mass is 16.2. The summed E-state index contributed by atoms with van der Waals surface area (Å²) in [7, 11) is 0. The third kappa shape index (κ3) is 2.52. The lowest BCUT2D eigenvalue weighted by atomic mass is 10.2. The molecular formula is C12H18N4O2. The molecule has 2 rings (SSSR count). The van der Waals surface area contributed by atoms with Crippen LogP contribution in [0.4, 0.5) is 0 Å². The molecule has 1 aliphatic rings. The van der Waals surface area contributed by atoms with Gasteiger partial charge in [0.25, 0.3) is 5.91 Å². The van der Waals surface area contributed by atoms with E-state index in [1.165, 1.54) is 0 Å². The fraction of sp³-hybridized carbons (Fsp3) is 0.583. The van der Waals surface area contributed by atoms with Gasteiger partial charge in [-0.15, -0.1) is 0 Å². The molecule has 0 saturated carbocycles. The first-order chi connectivity index (χ1) is 8.59. The Bertz CT molecular complexity index is 455. The first-order valence-corrected chi connectivity index (χ1v) is 6.14. The third-order valence-electron chi connectivity index (χ3n) is 3.29. The van der Waals surface area contributed by atoms with Crippen LogP contribution in [0.5, 0.6) is 0 Å². The van der Waals surface area contributed by atoms with Gasteiger partial charge in [0.15, 0.2) is 0 Å². The molecule has 2 heterocycles. The Morgan fingerprint density at radius 1 is 1.22 bits per heavy atom. The van der Waals surface area contributed by atoms with Crippen LogP contribution < -0.4 is 0 Å². The van der Waals surface area contributed by atoms with Crippen molar-refractivity contribution in [3.05, 3.63) is 17.5 Å². The summed E-state index contributed by atoms with van der Waals surface area (Å²) in [5.74, 6) is 0.0652. The van der Waals surface area contributed by atoms with Gasteiger partial charge >= 0.3 is 0 Å². The van der Waals surface area contributed by atoms with Crippen LogP contribution in [0.3, 0.4) is 0 Å². The molecule has 0 aromatic carbocycles. The fourth-order valence-electron chi connectivity index (χ4n) is 2.17. The zero-order valence-corrected chi connectivity index (χ0v) is 10.8. The lowest BCUT2D eigenvalue weighted by Crippen LogP contribution is -2.36. The maximum absolute atomic E-state index is 12.3. The summed E-state index contributed by atoms with van der Waals surface area (Å²) in [6.07, 6.45) is 2.38. The molecule has 1 aliphatic heterocycles. The minimum Gasteiger partial charge on any atom is -0.341 e. The fourth-order valence-corrected chi connectivity index (χ4v) is 2.17. The molecule has 0 unspecified atom stereocenters. The van der Waals surface area contributed by atoms with Crippen molar-refractivity contribution in [1.29, 1.82) is 0 Å². The Morgan fingerprint density at radius 3 is 2.50 bits per heavy atom. The molecule has 18 heavy (non-hydrogen) atoms. The molecule has 1 aromatic heterocycles. The van der Waals surface area contributed by atoms with E-state index in [9.17, 15) is 9.59 Å². The van der Waals surface area contributed by atoms with Gasteiger partial charge in [-0.05, 0) is 13.3 Å². The standard InChI is InChI=1S/C12H18N4O2/c1-9-11(8-13-14-9)12(18)16-5-3-4-15(6-7-16)10(2)17/h8H,3-7H2,1-2H3,(H,13,14). The zero-order valence-electron chi connectivity index (χ0n) is 10.8. The number of carbonyl (C=O) groups excluding carboxylic acids is 2. The first kappa shape index (κ1) is 12.6. The summed E-state index contributed by atoms with van der Waals surface area (Å²) in [6.45, 7) is 6.01. The van der Waals surface area contributed by atoms with E-state index in [0.29, 0.717) is 25.2 Å². The van der Waals surface area contributed by atoms with Crippen molar-refractivity contribution in [2.75, 3.05) is 26.2 Å². The van der Waals surface area contributed by atoms with Gasteiger partial charge < -0.3 is 9.80 Å². The van der Waals surface area contributed by atoms with E-state index >= 15 is 0 Å². The van der Waals surface area contributed by atoms with Gasteiger partial charge in [0, 0.05) is 38.8 Å². The van der Waals surface area contributed by atoms with Gasteiger partial charge in [-0.3, -0.25) is 14.7 Å². The van der Waals surface area contributed by atoms with Gasteiger partial charge in [0.2, 0.25) is 5.91 Å². The van der Waals surface area contributed by atoms with Crippen molar-refractivity contribution in [1.82, 2.24) is 20.0 Å². The molecule has 1 saturated heterocycles. The van der Waals surface area contributed by atoms with Crippen LogP contribution in [0, 0.1) is 6.92 Å². The minimum absolute atomic E-state index is 0.00773. The number of amides is 2. The third-order valence-corrected chi connectivity index (χ3v) is 3.29. The van der Waals surface area contributed by atoms with Gasteiger partial charge in [0.1, 0.15) is 0 Å². The number of hydrogen-bond donors (Lipinski definition) is 1. The van der Waals surface area contributed by atoms with Gasteiger partial charge in [0.05, 0.1) is 11.8 Å². The quantitative estimate of drug-likeness (QED) is 0.785. The van der Waals surface area contributed by atoms with E-state index in [4.69, 9.17) is 0 Å². The Balaban J connectivity index is 2.04. The van der Waals surface area contributed by atoms with Crippen molar-refractivity contribution in [2.45, 2.75) is 20.3 Å². The van der Waals surface area contributed by atoms with Gasteiger partial charge in [-0.1, -0.05) is 0 Å². The maximum atomic E-state index is 12.3. The van der Waals surface area contributed by atoms with Crippen molar-refractivity contribution in [3.8, 4) is 0 Å². The number of aromatic amines is 1. The SMILES string of the molecule is CC(=O)N1CCCN(C(=O)c2cn[nH]c2C)CC1. The predicted octanol–water partition coefficient (Wildman–Crippen LogP) is 0.413. The number of rotatable bonds is 1. The lowest BCUT2D eigenvalue weighted by molar-refractivity contribution is -0.128. The van der Waals surface area contributed by atoms with Crippen molar-refractivity contribution in [2.24, 2.45) is 0 Å². The number of aryl methyl sites for hydroxylation is 1.